The van der Waals surface area contributed by atoms with Gasteiger partial charge in [0, 0.05) is 19.0 Å². The van der Waals surface area contributed by atoms with Crippen LogP contribution < -0.4 is 5.32 Å². The number of hydrogen-bond donors (Lipinski definition) is 1. The van der Waals surface area contributed by atoms with E-state index >= 15 is 0 Å². The minimum Gasteiger partial charge on any atom is -0.342 e. The maximum atomic E-state index is 11.9. The molecule has 1 amide bonds. The van der Waals surface area contributed by atoms with E-state index in [1.807, 2.05) is 13.8 Å². The van der Waals surface area contributed by atoms with Crippen molar-refractivity contribution in [2.45, 2.75) is 91.9 Å². The lowest BCUT2D eigenvalue weighted by Crippen LogP contribution is -2.40. The van der Waals surface area contributed by atoms with Gasteiger partial charge < -0.3 is 10.2 Å². The van der Waals surface area contributed by atoms with Crippen molar-refractivity contribution in [3.63, 3.8) is 0 Å². The maximum absolute atomic E-state index is 11.9. The first-order valence-corrected chi connectivity index (χ1v) is 12.0. The number of rotatable bonds is 4. The van der Waals surface area contributed by atoms with Crippen LogP contribution in [-0.4, -0.2) is 37.0 Å². The van der Waals surface area contributed by atoms with E-state index in [1.165, 1.54) is 77.3 Å². The Bertz CT molecular complexity index is 401. The van der Waals surface area contributed by atoms with Gasteiger partial charge in [-0.05, 0) is 68.9 Å². The largest absolute Gasteiger partial charge is 0.342 e. The van der Waals surface area contributed by atoms with Crippen LogP contribution in [0.5, 0.6) is 0 Å². The molecular weight excluding hydrogens is 332 g/mol. The first kappa shape index (κ1) is 22.7. The van der Waals surface area contributed by atoms with Crippen molar-refractivity contribution in [1.29, 1.82) is 0 Å². The summed E-state index contributed by atoms with van der Waals surface area (Å²) in [5, 5.41) is 3.37. The topological polar surface area (TPSA) is 32.3 Å². The number of hydrogen-bond acceptors (Lipinski definition) is 2. The number of amides is 1. The fourth-order valence-electron chi connectivity index (χ4n) is 5.16. The van der Waals surface area contributed by atoms with Gasteiger partial charge >= 0.3 is 0 Å². The average Bonchev–Trinajstić information content (AvgIpc) is 2.70. The molecule has 27 heavy (non-hydrogen) atoms. The summed E-state index contributed by atoms with van der Waals surface area (Å²) in [7, 11) is 0. The highest BCUT2D eigenvalue weighted by Crippen LogP contribution is 2.33. The zero-order chi connectivity index (χ0) is 19.6. The van der Waals surface area contributed by atoms with Crippen LogP contribution in [0.15, 0.2) is 0 Å². The molecule has 0 spiro atoms. The van der Waals surface area contributed by atoms with Crippen LogP contribution in [0.25, 0.3) is 0 Å². The Morgan fingerprint density at radius 3 is 1.89 bits per heavy atom. The Morgan fingerprint density at radius 1 is 0.852 bits per heavy atom. The van der Waals surface area contributed by atoms with Gasteiger partial charge in [-0.1, -0.05) is 59.8 Å². The first-order chi connectivity index (χ1) is 13.0. The lowest BCUT2D eigenvalue weighted by atomic mass is 9.80. The SMILES string of the molecule is CC(C)C(=O)N1CCC(CC2CCCCC2)CC1.CC(C)C1CCNCC1. The van der Waals surface area contributed by atoms with Gasteiger partial charge in [0.15, 0.2) is 0 Å². The molecule has 158 valence electrons. The minimum absolute atomic E-state index is 0.167. The molecule has 1 N–H and O–H groups in total. The highest BCUT2D eigenvalue weighted by Gasteiger charge is 2.26. The van der Waals surface area contributed by atoms with E-state index in [9.17, 15) is 4.79 Å². The van der Waals surface area contributed by atoms with Crippen LogP contribution in [0.4, 0.5) is 0 Å². The molecule has 3 fully saturated rings. The molecule has 3 heteroatoms. The molecule has 0 bridgehead atoms. The first-order valence-electron chi connectivity index (χ1n) is 12.0. The molecule has 3 nitrogen and oxygen atoms in total. The Morgan fingerprint density at radius 2 is 1.41 bits per heavy atom. The normalized spacial score (nSPS) is 23.4. The Hall–Kier alpha value is -0.570. The van der Waals surface area contributed by atoms with Gasteiger partial charge in [0.25, 0.3) is 0 Å². The third kappa shape index (κ3) is 8.13. The monoisotopic (exact) mass is 378 g/mol. The molecule has 0 radical (unpaired) electrons. The predicted molar refractivity (Wildman–Crippen MR) is 116 cm³/mol. The molecule has 0 unspecified atom stereocenters. The van der Waals surface area contributed by atoms with Crippen LogP contribution in [0.3, 0.4) is 0 Å². The minimum atomic E-state index is 0.167. The fourth-order valence-corrected chi connectivity index (χ4v) is 5.16. The Balaban J connectivity index is 0.000000244. The van der Waals surface area contributed by atoms with Crippen molar-refractivity contribution in [3.05, 3.63) is 0 Å². The standard InChI is InChI=1S/C16H29NO.C8H17N/c1-13(2)16(18)17-10-8-15(9-11-17)12-14-6-4-3-5-7-14;1-7(2)8-3-5-9-6-4-8/h13-15H,3-12H2,1-2H3;7-9H,3-6H2,1-2H3. The van der Waals surface area contributed by atoms with Crippen LogP contribution in [-0.2, 0) is 4.79 Å². The second-order valence-electron chi connectivity index (χ2n) is 9.99. The van der Waals surface area contributed by atoms with Crippen molar-refractivity contribution in [2.24, 2.45) is 29.6 Å². The molecule has 2 heterocycles. The number of nitrogens with zero attached hydrogens (tertiary/aromatic N) is 1. The molecule has 1 aliphatic carbocycles. The molecule has 0 atom stereocenters. The van der Waals surface area contributed by atoms with Crippen LogP contribution in [0.1, 0.15) is 91.9 Å². The van der Waals surface area contributed by atoms with Gasteiger partial charge in [0.05, 0.1) is 0 Å². The second-order valence-corrected chi connectivity index (χ2v) is 9.99. The summed E-state index contributed by atoms with van der Waals surface area (Å²) in [6.45, 7) is 13.2. The molecule has 0 aromatic carbocycles. The second kappa shape index (κ2) is 12.1. The number of piperidine rings is 2. The Labute approximate surface area is 169 Å². The molecule has 2 saturated heterocycles. The van der Waals surface area contributed by atoms with Crippen LogP contribution in [0.2, 0.25) is 0 Å². The number of carbonyl (C=O) groups excluding carboxylic acids is 1. The summed E-state index contributed by atoms with van der Waals surface area (Å²) in [4.78, 5) is 14.0. The van der Waals surface area contributed by atoms with Gasteiger partial charge in [-0.2, -0.15) is 0 Å². The molecule has 0 aromatic rings. The van der Waals surface area contributed by atoms with Crippen LogP contribution >= 0.6 is 0 Å². The van der Waals surface area contributed by atoms with E-state index in [0.29, 0.717) is 5.91 Å². The molecular formula is C24H46N2O. The van der Waals surface area contributed by atoms with Crippen molar-refractivity contribution in [3.8, 4) is 0 Å². The van der Waals surface area contributed by atoms with Gasteiger partial charge in [-0.15, -0.1) is 0 Å². The lowest BCUT2D eigenvalue weighted by Gasteiger charge is -2.35. The zero-order valence-corrected chi connectivity index (χ0v) is 18.6. The van der Waals surface area contributed by atoms with E-state index in [1.54, 1.807) is 0 Å². The summed E-state index contributed by atoms with van der Waals surface area (Å²) in [6, 6.07) is 0. The van der Waals surface area contributed by atoms with Crippen molar-refractivity contribution in [2.75, 3.05) is 26.2 Å². The van der Waals surface area contributed by atoms with Gasteiger partial charge in [0.2, 0.25) is 5.91 Å². The summed E-state index contributed by atoms with van der Waals surface area (Å²) in [5.74, 6) is 4.30. The van der Waals surface area contributed by atoms with Crippen LogP contribution in [0, 0.1) is 29.6 Å². The zero-order valence-electron chi connectivity index (χ0n) is 18.6. The fraction of sp³-hybridized carbons (Fsp3) is 0.958. The quantitative estimate of drug-likeness (QED) is 0.701. The Kier molecular flexibility index (Phi) is 10.2. The molecule has 3 rings (SSSR count). The summed E-state index contributed by atoms with van der Waals surface area (Å²) in [6.07, 6.45) is 14.0. The summed E-state index contributed by atoms with van der Waals surface area (Å²) in [5.41, 5.74) is 0. The van der Waals surface area contributed by atoms with E-state index < -0.39 is 0 Å². The lowest BCUT2D eigenvalue weighted by molar-refractivity contribution is -0.135. The van der Waals surface area contributed by atoms with Crippen molar-refractivity contribution >= 4 is 5.91 Å². The number of likely N-dealkylation sites (tertiary alicyclic amines) is 1. The molecule has 3 aliphatic rings. The van der Waals surface area contributed by atoms with E-state index in [-0.39, 0.29) is 5.92 Å². The third-order valence-corrected chi connectivity index (χ3v) is 7.14. The van der Waals surface area contributed by atoms with E-state index in [0.717, 1.165) is 36.8 Å². The smallest absolute Gasteiger partial charge is 0.225 e. The van der Waals surface area contributed by atoms with E-state index in [2.05, 4.69) is 24.1 Å². The van der Waals surface area contributed by atoms with Crippen molar-refractivity contribution < 1.29 is 4.79 Å². The predicted octanol–water partition coefficient (Wildman–Crippen LogP) is 5.49. The van der Waals surface area contributed by atoms with Gasteiger partial charge in [-0.3, -0.25) is 4.79 Å². The maximum Gasteiger partial charge on any atom is 0.225 e. The number of carbonyl (C=O) groups is 1. The molecule has 1 saturated carbocycles. The van der Waals surface area contributed by atoms with E-state index in [4.69, 9.17) is 0 Å². The van der Waals surface area contributed by atoms with Gasteiger partial charge in [0.1, 0.15) is 0 Å². The summed E-state index contributed by atoms with van der Waals surface area (Å²) >= 11 is 0. The third-order valence-electron chi connectivity index (χ3n) is 7.14. The van der Waals surface area contributed by atoms with Gasteiger partial charge in [-0.25, -0.2) is 0 Å². The highest BCUT2D eigenvalue weighted by atomic mass is 16.2. The summed E-state index contributed by atoms with van der Waals surface area (Å²) < 4.78 is 0. The molecule has 2 aliphatic heterocycles. The van der Waals surface area contributed by atoms with Crippen molar-refractivity contribution in [1.82, 2.24) is 10.2 Å². The number of nitrogens with one attached hydrogen (secondary N) is 1. The average molecular weight is 379 g/mol. The highest BCUT2D eigenvalue weighted by molar-refractivity contribution is 5.78. The molecule has 0 aromatic heterocycles.